The van der Waals surface area contributed by atoms with Gasteiger partial charge in [0.2, 0.25) is 0 Å². The van der Waals surface area contributed by atoms with Gasteiger partial charge >= 0.3 is 0 Å². The minimum Gasteiger partial charge on any atom is -0.0111 e. The second-order valence-electron chi connectivity index (χ2n) is 1.22. The van der Waals surface area contributed by atoms with Crippen LogP contribution < -0.4 is 0 Å². The fourth-order valence-electron chi connectivity index (χ4n) is 0.367. The van der Waals surface area contributed by atoms with E-state index < -0.39 is 0 Å². The third kappa shape index (κ3) is 1.41. The highest BCUT2D eigenvalue weighted by Gasteiger charge is 1.92. The molecular formula is C6H4I+. The molecule has 0 fully saturated rings. The number of rotatable bonds is 0. The van der Waals surface area contributed by atoms with Crippen LogP contribution in [0.5, 0.6) is 0 Å². The molecule has 0 aromatic heterocycles. The first kappa shape index (κ1) is 5.01. The Morgan fingerprint density at radius 1 is 1.57 bits per heavy atom. The van der Waals surface area contributed by atoms with E-state index in [9.17, 15) is 0 Å². The lowest BCUT2D eigenvalue weighted by Crippen LogP contribution is -1.64. The van der Waals surface area contributed by atoms with Crippen molar-refractivity contribution >= 4 is 22.6 Å². The molecule has 0 spiro atoms. The third-order valence-electron chi connectivity index (χ3n) is 0.678. The van der Waals surface area contributed by atoms with E-state index in [2.05, 4.69) is 28.7 Å². The van der Waals surface area contributed by atoms with Crippen LogP contribution >= 0.6 is 22.6 Å². The topological polar surface area (TPSA) is 0 Å². The SMILES string of the molecule is IC1=CC=[C+]C=C1. The monoisotopic (exact) mass is 203 g/mol. The predicted molar refractivity (Wildman–Crippen MR) is 39.1 cm³/mol. The maximum atomic E-state index is 2.93. The Bertz CT molecular complexity index is 140. The van der Waals surface area contributed by atoms with Crippen molar-refractivity contribution < 1.29 is 0 Å². The fraction of sp³-hybridized carbons (Fsp3) is 0. The predicted octanol–water partition coefficient (Wildman–Crippen LogP) is 2.23. The van der Waals surface area contributed by atoms with Crippen LogP contribution in [0.25, 0.3) is 0 Å². The molecule has 0 aromatic carbocycles. The average Bonchev–Trinajstić information content (AvgIpc) is 1.69. The van der Waals surface area contributed by atoms with Crippen LogP contribution in [0.15, 0.2) is 27.9 Å². The normalized spacial score (nSPS) is 15.9. The summed E-state index contributed by atoms with van der Waals surface area (Å²) in [6.07, 6.45) is 10.8. The van der Waals surface area contributed by atoms with Crippen LogP contribution in [0, 0.1) is 6.08 Å². The zero-order valence-corrected chi connectivity index (χ0v) is 5.84. The Hall–Kier alpha value is -0.140. The van der Waals surface area contributed by atoms with E-state index in [1.165, 1.54) is 3.58 Å². The quantitative estimate of drug-likeness (QED) is 0.418. The second-order valence-corrected chi connectivity index (χ2v) is 2.46. The third-order valence-corrected chi connectivity index (χ3v) is 1.40. The Labute approximate surface area is 56.8 Å². The van der Waals surface area contributed by atoms with Gasteiger partial charge in [0, 0.05) is 6.08 Å². The van der Waals surface area contributed by atoms with E-state index >= 15 is 0 Å². The summed E-state index contributed by atoms with van der Waals surface area (Å²) < 4.78 is 1.26. The molecule has 7 heavy (non-hydrogen) atoms. The summed E-state index contributed by atoms with van der Waals surface area (Å²) in [5.41, 5.74) is 0. The van der Waals surface area contributed by atoms with Crippen LogP contribution in [0.2, 0.25) is 0 Å². The highest BCUT2D eigenvalue weighted by atomic mass is 127. The molecule has 0 bridgehead atoms. The molecule has 0 saturated heterocycles. The average molecular weight is 203 g/mol. The summed E-state index contributed by atoms with van der Waals surface area (Å²) in [5.74, 6) is 0. The fourth-order valence-corrected chi connectivity index (χ4v) is 0.726. The van der Waals surface area contributed by atoms with E-state index in [1.54, 1.807) is 0 Å². The molecule has 1 heteroatoms. The van der Waals surface area contributed by atoms with Gasteiger partial charge in [-0.1, -0.05) is 0 Å². The van der Waals surface area contributed by atoms with Gasteiger partial charge in [-0.15, -0.1) is 0 Å². The van der Waals surface area contributed by atoms with Crippen molar-refractivity contribution in [2.75, 3.05) is 0 Å². The van der Waals surface area contributed by atoms with Gasteiger partial charge in [0.15, 0.2) is 0 Å². The summed E-state index contributed by atoms with van der Waals surface area (Å²) in [6, 6.07) is 0. The summed E-state index contributed by atoms with van der Waals surface area (Å²) in [4.78, 5) is 0. The summed E-state index contributed by atoms with van der Waals surface area (Å²) in [6.45, 7) is 0. The highest BCUT2D eigenvalue weighted by molar-refractivity contribution is 14.1. The van der Waals surface area contributed by atoms with E-state index in [4.69, 9.17) is 0 Å². The van der Waals surface area contributed by atoms with Crippen LogP contribution in [0.4, 0.5) is 0 Å². The standard InChI is InChI=1S/C6H4I/c7-6-4-2-1-3-5-6/h2-5H/q+1. The van der Waals surface area contributed by atoms with Gasteiger partial charge < -0.3 is 0 Å². The van der Waals surface area contributed by atoms with Crippen molar-refractivity contribution in [1.29, 1.82) is 0 Å². The van der Waals surface area contributed by atoms with E-state index in [-0.39, 0.29) is 0 Å². The van der Waals surface area contributed by atoms with Crippen LogP contribution in [-0.2, 0) is 0 Å². The molecule has 1 aliphatic rings. The maximum Gasteiger partial charge on any atom is 0.122 e. The number of hydrogen-bond donors (Lipinski definition) is 0. The molecule has 0 N–H and O–H groups in total. The van der Waals surface area contributed by atoms with Crippen molar-refractivity contribution in [3.05, 3.63) is 34.0 Å². The number of allylic oxidation sites excluding steroid dienone is 6. The first-order valence-electron chi connectivity index (χ1n) is 2.01. The second kappa shape index (κ2) is 2.24. The minimum absolute atomic E-state index is 1.26. The molecule has 0 amide bonds. The van der Waals surface area contributed by atoms with Crippen molar-refractivity contribution in [3.8, 4) is 0 Å². The summed E-state index contributed by atoms with van der Waals surface area (Å²) in [7, 11) is 0. The molecule has 1 rings (SSSR count). The molecule has 0 aromatic rings. The lowest BCUT2D eigenvalue weighted by Gasteiger charge is -1.75. The molecule has 0 nitrogen and oxygen atoms in total. The Morgan fingerprint density at radius 3 is 2.71 bits per heavy atom. The molecule has 0 radical (unpaired) electrons. The molecule has 0 unspecified atom stereocenters. The van der Waals surface area contributed by atoms with Gasteiger partial charge in [-0.3, -0.25) is 0 Å². The Balaban J connectivity index is 2.82. The summed E-state index contributed by atoms with van der Waals surface area (Å²) >= 11 is 2.26. The van der Waals surface area contributed by atoms with E-state index in [0.29, 0.717) is 0 Å². The van der Waals surface area contributed by atoms with Crippen LogP contribution in [-0.4, -0.2) is 0 Å². The zero-order chi connectivity index (χ0) is 5.11. The Kier molecular flexibility index (Phi) is 1.60. The zero-order valence-electron chi connectivity index (χ0n) is 3.69. The lowest BCUT2D eigenvalue weighted by molar-refractivity contribution is 1.74. The van der Waals surface area contributed by atoms with Crippen LogP contribution in [0.3, 0.4) is 0 Å². The van der Waals surface area contributed by atoms with Crippen LogP contribution in [0.1, 0.15) is 0 Å². The molecular weight excluding hydrogens is 199 g/mol. The first-order valence-corrected chi connectivity index (χ1v) is 3.09. The van der Waals surface area contributed by atoms with Crippen molar-refractivity contribution in [1.82, 2.24) is 0 Å². The summed E-state index contributed by atoms with van der Waals surface area (Å²) in [5, 5.41) is 0. The maximum absolute atomic E-state index is 2.93. The van der Waals surface area contributed by atoms with Crippen molar-refractivity contribution in [2.24, 2.45) is 0 Å². The largest absolute Gasteiger partial charge is 0.122 e. The highest BCUT2D eigenvalue weighted by Crippen LogP contribution is 2.09. The number of halogens is 1. The van der Waals surface area contributed by atoms with E-state index in [1.807, 2.05) is 24.3 Å². The molecule has 34 valence electrons. The van der Waals surface area contributed by atoms with Gasteiger partial charge in [0.05, 0.1) is 12.2 Å². The van der Waals surface area contributed by atoms with Gasteiger partial charge in [-0.2, -0.15) is 0 Å². The van der Waals surface area contributed by atoms with Gasteiger partial charge in [0.1, 0.15) is 15.7 Å². The molecule has 0 heterocycles. The van der Waals surface area contributed by atoms with Gasteiger partial charge in [0.25, 0.3) is 0 Å². The molecule has 0 aliphatic heterocycles. The number of hydrogen-bond acceptors (Lipinski definition) is 0. The lowest BCUT2D eigenvalue weighted by atomic mass is 10.3. The van der Waals surface area contributed by atoms with Crippen molar-refractivity contribution in [3.63, 3.8) is 0 Å². The molecule has 0 saturated carbocycles. The molecule has 0 atom stereocenters. The van der Waals surface area contributed by atoms with E-state index in [0.717, 1.165) is 0 Å². The van der Waals surface area contributed by atoms with Crippen molar-refractivity contribution in [2.45, 2.75) is 0 Å². The molecule has 1 aliphatic carbocycles. The first-order chi connectivity index (χ1) is 3.39. The van der Waals surface area contributed by atoms with Gasteiger partial charge in [-0.05, 0) is 22.6 Å². The smallest absolute Gasteiger partial charge is 0.0111 e. The Morgan fingerprint density at radius 2 is 2.43 bits per heavy atom. The minimum atomic E-state index is 1.26. The van der Waals surface area contributed by atoms with Gasteiger partial charge in [-0.25, -0.2) is 0 Å².